The summed E-state index contributed by atoms with van der Waals surface area (Å²) in [5, 5.41) is 0.288. The lowest BCUT2D eigenvalue weighted by Gasteiger charge is -2.31. The number of anilines is 2. The molecule has 0 radical (unpaired) electrons. The Balaban J connectivity index is 1.78. The second kappa shape index (κ2) is 6.58. The maximum atomic E-state index is 12.9. The van der Waals surface area contributed by atoms with Gasteiger partial charge in [0.15, 0.2) is 5.16 Å². The third-order valence-corrected chi connectivity index (χ3v) is 4.81. The summed E-state index contributed by atoms with van der Waals surface area (Å²) < 4.78 is 0. The second-order valence-electron chi connectivity index (χ2n) is 5.70. The zero-order chi connectivity index (χ0) is 16.4. The van der Waals surface area contributed by atoms with Crippen LogP contribution in [-0.4, -0.2) is 27.7 Å². The van der Waals surface area contributed by atoms with E-state index in [-0.39, 0.29) is 11.2 Å². The van der Waals surface area contributed by atoms with Gasteiger partial charge < -0.3 is 10.6 Å². The number of aryl methyl sites for hydroxylation is 2. The van der Waals surface area contributed by atoms with E-state index < -0.39 is 0 Å². The maximum Gasteiger partial charge on any atom is 0.240 e. The molecule has 0 fully saturated rings. The Bertz CT molecular complexity index is 714. The predicted octanol–water partition coefficient (Wildman–Crippen LogP) is 2.83. The summed E-state index contributed by atoms with van der Waals surface area (Å²) >= 11 is 1.35. The highest BCUT2D eigenvalue weighted by atomic mass is 32.2. The van der Waals surface area contributed by atoms with Gasteiger partial charge in [0.05, 0.1) is 5.25 Å². The van der Waals surface area contributed by atoms with E-state index in [2.05, 4.69) is 16.0 Å². The van der Waals surface area contributed by atoms with Gasteiger partial charge in [-0.05, 0) is 38.3 Å². The van der Waals surface area contributed by atoms with Crippen molar-refractivity contribution >= 4 is 29.2 Å². The molecule has 5 nitrogen and oxygen atoms in total. The Morgan fingerprint density at radius 2 is 2.13 bits per heavy atom. The van der Waals surface area contributed by atoms with Crippen LogP contribution in [0.15, 0.2) is 35.5 Å². The highest BCUT2D eigenvalue weighted by Gasteiger charge is 2.27. The van der Waals surface area contributed by atoms with Crippen molar-refractivity contribution in [2.75, 3.05) is 17.2 Å². The number of hydrogen-bond donors (Lipinski definition) is 1. The highest BCUT2D eigenvalue weighted by Crippen LogP contribution is 2.30. The predicted molar refractivity (Wildman–Crippen MR) is 93.6 cm³/mol. The molecule has 2 heterocycles. The molecule has 1 atom stereocenters. The molecule has 1 aromatic carbocycles. The molecule has 1 aliphatic heterocycles. The highest BCUT2D eigenvalue weighted by molar-refractivity contribution is 8.00. The molecule has 2 aromatic rings. The number of para-hydroxylation sites is 1. The Kier molecular flexibility index (Phi) is 4.52. The summed E-state index contributed by atoms with van der Waals surface area (Å²) in [6.45, 7) is 4.53. The van der Waals surface area contributed by atoms with Gasteiger partial charge in [-0.3, -0.25) is 4.79 Å². The molecule has 0 unspecified atom stereocenters. The fraction of sp³-hybridized carbons (Fsp3) is 0.353. The van der Waals surface area contributed by atoms with Gasteiger partial charge in [0, 0.05) is 24.0 Å². The third kappa shape index (κ3) is 3.47. The second-order valence-corrected chi connectivity index (χ2v) is 7.01. The lowest BCUT2D eigenvalue weighted by molar-refractivity contribution is -0.117. The van der Waals surface area contributed by atoms with Crippen LogP contribution in [0.2, 0.25) is 0 Å². The Hall–Kier alpha value is -2.08. The maximum absolute atomic E-state index is 12.9. The Morgan fingerprint density at radius 3 is 2.91 bits per heavy atom. The molecule has 0 saturated carbocycles. The number of amides is 1. The largest absolute Gasteiger partial charge is 0.384 e. The molecule has 1 amide bonds. The van der Waals surface area contributed by atoms with E-state index in [0.29, 0.717) is 11.0 Å². The van der Waals surface area contributed by atoms with Gasteiger partial charge >= 0.3 is 0 Å². The van der Waals surface area contributed by atoms with Crippen molar-refractivity contribution in [1.29, 1.82) is 0 Å². The van der Waals surface area contributed by atoms with Crippen molar-refractivity contribution < 1.29 is 4.79 Å². The van der Waals surface area contributed by atoms with Crippen LogP contribution in [0.5, 0.6) is 0 Å². The first-order valence-corrected chi connectivity index (χ1v) is 8.59. The fourth-order valence-corrected chi connectivity index (χ4v) is 3.71. The molecule has 0 bridgehead atoms. The molecule has 1 aliphatic rings. The van der Waals surface area contributed by atoms with E-state index in [1.54, 1.807) is 6.07 Å². The minimum atomic E-state index is -0.262. The van der Waals surface area contributed by atoms with Gasteiger partial charge in [-0.25, -0.2) is 9.97 Å². The lowest BCUT2D eigenvalue weighted by atomic mass is 10.0. The van der Waals surface area contributed by atoms with Crippen LogP contribution < -0.4 is 10.6 Å². The van der Waals surface area contributed by atoms with Crippen molar-refractivity contribution in [1.82, 2.24) is 9.97 Å². The molecule has 23 heavy (non-hydrogen) atoms. The van der Waals surface area contributed by atoms with Crippen molar-refractivity contribution in [3.63, 3.8) is 0 Å². The van der Waals surface area contributed by atoms with E-state index >= 15 is 0 Å². The molecule has 1 aromatic heterocycles. The number of fused-ring (bicyclic) bond motifs is 1. The van der Waals surface area contributed by atoms with Gasteiger partial charge in [-0.1, -0.05) is 30.0 Å². The molecule has 6 heteroatoms. The minimum absolute atomic E-state index is 0.0887. The van der Waals surface area contributed by atoms with E-state index in [4.69, 9.17) is 5.73 Å². The van der Waals surface area contributed by atoms with Crippen LogP contribution in [-0.2, 0) is 11.2 Å². The summed E-state index contributed by atoms with van der Waals surface area (Å²) in [5.41, 5.74) is 8.83. The standard InChI is InChI=1S/C17H20N4OS/c1-11-10-15(18)20-17(19-11)23-12(2)16(22)21-9-5-7-13-6-3-4-8-14(13)21/h3-4,6,8,10,12H,5,7,9H2,1-2H3,(H2,18,19,20)/t12-/m1/s1. The quantitative estimate of drug-likeness (QED) is 0.693. The number of nitrogens with two attached hydrogens (primary N) is 1. The monoisotopic (exact) mass is 328 g/mol. The normalized spacial score (nSPS) is 15.1. The number of rotatable bonds is 3. The van der Waals surface area contributed by atoms with Crippen LogP contribution in [0.4, 0.5) is 11.5 Å². The van der Waals surface area contributed by atoms with E-state index in [1.807, 2.05) is 36.9 Å². The Labute approximate surface area is 140 Å². The van der Waals surface area contributed by atoms with Crippen LogP contribution in [0.1, 0.15) is 24.6 Å². The van der Waals surface area contributed by atoms with Crippen molar-refractivity contribution in [3.8, 4) is 0 Å². The van der Waals surface area contributed by atoms with Gasteiger partial charge in [0.1, 0.15) is 5.82 Å². The van der Waals surface area contributed by atoms with Crippen molar-refractivity contribution in [2.24, 2.45) is 0 Å². The molecular formula is C17H20N4OS. The summed E-state index contributed by atoms with van der Waals surface area (Å²) in [5.74, 6) is 0.522. The average Bonchev–Trinajstić information content (AvgIpc) is 2.52. The van der Waals surface area contributed by atoms with Crippen molar-refractivity contribution in [2.45, 2.75) is 37.1 Å². The number of carbonyl (C=O) groups excluding carboxylic acids is 1. The first kappa shape index (κ1) is 15.8. The summed E-state index contributed by atoms with van der Waals surface area (Å²) in [4.78, 5) is 23.3. The van der Waals surface area contributed by atoms with Crippen LogP contribution in [0.25, 0.3) is 0 Å². The van der Waals surface area contributed by atoms with Gasteiger partial charge in [0.25, 0.3) is 0 Å². The SMILES string of the molecule is Cc1cc(N)nc(S[C@H](C)C(=O)N2CCCc3ccccc32)n1. The molecule has 0 saturated heterocycles. The summed E-state index contributed by atoms with van der Waals surface area (Å²) in [6, 6.07) is 9.83. The first-order chi connectivity index (χ1) is 11.0. The molecule has 0 spiro atoms. The number of hydrogen-bond acceptors (Lipinski definition) is 5. The molecule has 2 N–H and O–H groups in total. The molecular weight excluding hydrogens is 308 g/mol. The zero-order valence-electron chi connectivity index (χ0n) is 13.3. The number of nitrogens with zero attached hydrogens (tertiary/aromatic N) is 3. The fourth-order valence-electron chi connectivity index (χ4n) is 2.81. The molecule has 3 rings (SSSR count). The minimum Gasteiger partial charge on any atom is -0.384 e. The van der Waals surface area contributed by atoms with E-state index in [9.17, 15) is 4.79 Å². The van der Waals surface area contributed by atoms with Crippen LogP contribution in [0, 0.1) is 6.92 Å². The first-order valence-electron chi connectivity index (χ1n) is 7.71. The van der Waals surface area contributed by atoms with Gasteiger partial charge in [-0.15, -0.1) is 0 Å². The molecule has 0 aliphatic carbocycles. The summed E-state index contributed by atoms with van der Waals surface area (Å²) in [7, 11) is 0. The van der Waals surface area contributed by atoms with Crippen LogP contribution in [0.3, 0.4) is 0 Å². The number of aromatic nitrogens is 2. The van der Waals surface area contributed by atoms with E-state index in [0.717, 1.165) is 30.8 Å². The van der Waals surface area contributed by atoms with E-state index in [1.165, 1.54) is 17.3 Å². The Morgan fingerprint density at radius 1 is 1.35 bits per heavy atom. The average molecular weight is 328 g/mol. The topological polar surface area (TPSA) is 72.1 Å². The smallest absolute Gasteiger partial charge is 0.240 e. The number of nitrogen functional groups attached to an aromatic ring is 1. The number of benzene rings is 1. The van der Waals surface area contributed by atoms with Gasteiger partial charge in [0.2, 0.25) is 5.91 Å². The third-order valence-electron chi connectivity index (χ3n) is 3.86. The number of thioether (sulfide) groups is 1. The number of carbonyl (C=O) groups is 1. The zero-order valence-corrected chi connectivity index (χ0v) is 14.1. The molecule has 120 valence electrons. The van der Waals surface area contributed by atoms with Gasteiger partial charge in [-0.2, -0.15) is 0 Å². The van der Waals surface area contributed by atoms with Crippen LogP contribution >= 0.6 is 11.8 Å². The van der Waals surface area contributed by atoms with Crippen molar-refractivity contribution in [3.05, 3.63) is 41.6 Å². The lowest BCUT2D eigenvalue weighted by Crippen LogP contribution is -2.40. The summed E-state index contributed by atoms with van der Waals surface area (Å²) in [6.07, 6.45) is 2.02.